The standard InChI is InChI=1S/C18H17ClN4O3S/c1-25-13-6-4-11(16(19)17(13)26-2)9-21-23-15(24)8-10-3-5-12-14(7-10)27-18(20)22-12/h3-7,9H,8H2,1-2H3,(H2,20,22)(H,23,24)/b21-9-. The van der Waals surface area contributed by atoms with E-state index in [1.807, 2.05) is 18.2 Å². The summed E-state index contributed by atoms with van der Waals surface area (Å²) in [6, 6.07) is 9.02. The number of methoxy groups -OCH3 is 2. The number of rotatable bonds is 6. The summed E-state index contributed by atoms with van der Waals surface area (Å²) < 4.78 is 11.4. The molecule has 0 spiro atoms. The molecule has 0 aliphatic rings. The molecule has 3 rings (SSSR count). The molecule has 140 valence electrons. The van der Waals surface area contributed by atoms with Crippen molar-refractivity contribution in [3.8, 4) is 11.5 Å². The van der Waals surface area contributed by atoms with Crippen molar-refractivity contribution >= 4 is 50.4 Å². The zero-order chi connectivity index (χ0) is 19.4. The predicted octanol–water partition coefficient (Wildman–Crippen LogP) is 3.24. The lowest BCUT2D eigenvalue weighted by Crippen LogP contribution is -2.19. The van der Waals surface area contributed by atoms with Crippen LogP contribution in [-0.2, 0) is 11.2 Å². The first kappa shape index (κ1) is 18.9. The van der Waals surface area contributed by atoms with Gasteiger partial charge in [-0.1, -0.05) is 29.0 Å². The maximum Gasteiger partial charge on any atom is 0.244 e. The highest BCUT2D eigenvalue weighted by Crippen LogP contribution is 2.36. The third-order valence-electron chi connectivity index (χ3n) is 3.74. The van der Waals surface area contributed by atoms with E-state index in [2.05, 4.69) is 15.5 Å². The van der Waals surface area contributed by atoms with E-state index in [9.17, 15) is 4.79 Å². The molecular weight excluding hydrogens is 388 g/mol. The second-order valence-corrected chi connectivity index (χ2v) is 6.97. The van der Waals surface area contributed by atoms with Crippen molar-refractivity contribution in [1.29, 1.82) is 0 Å². The normalized spacial score (nSPS) is 11.1. The van der Waals surface area contributed by atoms with E-state index in [-0.39, 0.29) is 12.3 Å². The lowest BCUT2D eigenvalue weighted by atomic mass is 10.1. The minimum absolute atomic E-state index is 0.185. The average molecular weight is 405 g/mol. The van der Waals surface area contributed by atoms with Gasteiger partial charge in [0.15, 0.2) is 16.6 Å². The SMILES string of the molecule is COc1ccc(/C=N\NC(=O)Cc2ccc3nc(N)sc3c2)c(Cl)c1OC. The fraction of sp³-hybridized carbons (Fsp3) is 0.167. The van der Waals surface area contributed by atoms with Crippen molar-refractivity contribution in [3.05, 3.63) is 46.5 Å². The van der Waals surface area contributed by atoms with Crippen LogP contribution in [0, 0.1) is 0 Å². The van der Waals surface area contributed by atoms with Gasteiger partial charge in [0.1, 0.15) is 0 Å². The number of nitrogens with zero attached hydrogens (tertiary/aromatic N) is 2. The molecular formula is C18H17ClN4O3S. The van der Waals surface area contributed by atoms with Crippen molar-refractivity contribution in [1.82, 2.24) is 10.4 Å². The van der Waals surface area contributed by atoms with Gasteiger partial charge in [-0.25, -0.2) is 10.4 Å². The van der Waals surface area contributed by atoms with Crippen molar-refractivity contribution in [2.24, 2.45) is 5.10 Å². The Labute approximate surface area is 164 Å². The number of hydrogen-bond acceptors (Lipinski definition) is 7. The van der Waals surface area contributed by atoms with Crippen LogP contribution in [0.3, 0.4) is 0 Å². The van der Waals surface area contributed by atoms with Crippen LogP contribution in [-0.4, -0.2) is 31.3 Å². The van der Waals surface area contributed by atoms with E-state index in [0.717, 1.165) is 15.8 Å². The number of thiazole rings is 1. The Morgan fingerprint density at radius 1 is 1.33 bits per heavy atom. The smallest absolute Gasteiger partial charge is 0.244 e. The molecule has 0 aliphatic carbocycles. The van der Waals surface area contributed by atoms with Crippen LogP contribution < -0.4 is 20.6 Å². The topological polar surface area (TPSA) is 98.8 Å². The lowest BCUT2D eigenvalue weighted by molar-refractivity contribution is -0.120. The summed E-state index contributed by atoms with van der Waals surface area (Å²) in [5, 5.41) is 4.81. The molecule has 1 aromatic heterocycles. The van der Waals surface area contributed by atoms with Gasteiger partial charge in [0, 0.05) is 5.56 Å². The number of halogens is 1. The number of carbonyl (C=O) groups is 1. The number of anilines is 1. The maximum atomic E-state index is 12.1. The zero-order valence-electron chi connectivity index (χ0n) is 14.7. The Bertz CT molecular complexity index is 1020. The van der Waals surface area contributed by atoms with Crippen molar-refractivity contribution in [2.75, 3.05) is 20.0 Å². The third kappa shape index (κ3) is 4.29. The number of aromatic nitrogens is 1. The van der Waals surface area contributed by atoms with E-state index in [1.54, 1.807) is 12.1 Å². The highest BCUT2D eigenvalue weighted by atomic mass is 35.5. The molecule has 0 atom stereocenters. The number of carbonyl (C=O) groups excluding carboxylic acids is 1. The van der Waals surface area contributed by atoms with Crippen molar-refractivity contribution in [3.63, 3.8) is 0 Å². The first-order chi connectivity index (χ1) is 13.0. The second kappa shape index (κ2) is 8.24. The average Bonchev–Trinajstić information content (AvgIpc) is 3.02. The van der Waals surface area contributed by atoms with Gasteiger partial charge in [-0.15, -0.1) is 0 Å². The van der Waals surface area contributed by atoms with E-state index < -0.39 is 0 Å². The monoisotopic (exact) mass is 404 g/mol. The Morgan fingerprint density at radius 2 is 2.15 bits per heavy atom. The number of nitrogens with two attached hydrogens (primary N) is 1. The molecule has 0 aliphatic heterocycles. The molecule has 2 aromatic carbocycles. The molecule has 3 aromatic rings. The quantitative estimate of drug-likeness (QED) is 0.485. The van der Waals surface area contributed by atoms with E-state index in [1.165, 1.54) is 31.8 Å². The number of nitrogens with one attached hydrogen (secondary N) is 1. The highest BCUT2D eigenvalue weighted by molar-refractivity contribution is 7.22. The molecule has 3 N–H and O–H groups in total. The summed E-state index contributed by atoms with van der Waals surface area (Å²) in [6.45, 7) is 0. The number of hydrogen-bond donors (Lipinski definition) is 2. The van der Waals surface area contributed by atoms with Gasteiger partial charge in [0.2, 0.25) is 5.91 Å². The summed E-state index contributed by atoms with van der Waals surface area (Å²) in [5.41, 5.74) is 10.5. The first-order valence-corrected chi connectivity index (χ1v) is 9.08. The van der Waals surface area contributed by atoms with Crippen LogP contribution >= 0.6 is 22.9 Å². The summed E-state index contributed by atoms with van der Waals surface area (Å²) in [7, 11) is 3.03. The van der Waals surface area contributed by atoms with E-state index in [0.29, 0.717) is 27.2 Å². The highest BCUT2D eigenvalue weighted by Gasteiger charge is 2.12. The van der Waals surface area contributed by atoms with Gasteiger partial charge in [-0.2, -0.15) is 5.10 Å². The van der Waals surface area contributed by atoms with Gasteiger partial charge < -0.3 is 15.2 Å². The fourth-order valence-corrected chi connectivity index (χ4v) is 3.58. The van der Waals surface area contributed by atoms with Gasteiger partial charge >= 0.3 is 0 Å². The molecule has 27 heavy (non-hydrogen) atoms. The van der Waals surface area contributed by atoms with E-state index >= 15 is 0 Å². The molecule has 7 nitrogen and oxygen atoms in total. The number of hydrazone groups is 1. The molecule has 0 unspecified atom stereocenters. The predicted molar refractivity (Wildman–Crippen MR) is 108 cm³/mol. The summed E-state index contributed by atoms with van der Waals surface area (Å²) >= 11 is 7.66. The number of nitrogen functional groups attached to an aromatic ring is 1. The maximum absolute atomic E-state index is 12.1. The van der Waals surface area contributed by atoms with Gasteiger partial charge in [0.05, 0.1) is 42.1 Å². The number of ether oxygens (including phenoxy) is 2. The second-order valence-electron chi connectivity index (χ2n) is 5.53. The van der Waals surface area contributed by atoms with Crippen LogP contribution in [0.4, 0.5) is 5.13 Å². The number of fused-ring (bicyclic) bond motifs is 1. The molecule has 1 heterocycles. The summed E-state index contributed by atoms with van der Waals surface area (Å²) in [5.74, 6) is 0.675. The number of benzene rings is 2. The molecule has 0 fully saturated rings. The van der Waals surface area contributed by atoms with Crippen molar-refractivity contribution < 1.29 is 14.3 Å². The van der Waals surface area contributed by atoms with Crippen LogP contribution in [0.5, 0.6) is 11.5 Å². The number of amides is 1. The van der Waals surface area contributed by atoms with Crippen LogP contribution in [0.2, 0.25) is 5.02 Å². The molecule has 0 saturated carbocycles. The largest absolute Gasteiger partial charge is 0.493 e. The Kier molecular flexibility index (Phi) is 5.78. The van der Waals surface area contributed by atoms with Gasteiger partial charge in [-0.05, 0) is 29.8 Å². The molecule has 1 amide bonds. The zero-order valence-corrected chi connectivity index (χ0v) is 16.2. The van der Waals surface area contributed by atoms with Gasteiger partial charge in [0.25, 0.3) is 0 Å². The van der Waals surface area contributed by atoms with Crippen LogP contribution in [0.1, 0.15) is 11.1 Å². The molecule has 0 bridgehead atoms. The van der Waals surface area contributed by atoms with Crippen molar-refractivity contribution in [2.45, 2.75) is 6.42 Å². The fourth-order valence-electron chi connectivity index (χ4n) is 2.50. The molecule has 0 saturated heterocycles. The Hall–Kier alpha value is -2.84. The third-order valence-corrected chi connectivity index (χ3v) is 4.98. The summed E-state index contributed by atoms with van der Waals surface area (Å²) in [6.07, 6.45) is 1.64. The van der Waals surface area contributed by atoms with Gasteiger partial charge in [-0.3, -0.25) is 4.79 Å². The van der Waals surface area contributed by atoms with E-state index in [4.69, 9.17) is 26.8 Å². The molecule has 0 radical (unpaired) electrons. The Balaban J connectivity index is 1.66. The summed E-state index contributed by atoms with van der Waals surface area (Å²) in [4.78, 5) is 16.3. The van der Waals surface area contributed by atoms with Crippen LogP contribution in [0.25, 0.3) is 10.2 Å². The first-order valence-electron chi connectivity index (χ1n) is 7.89. The molecule has 9 heteroatoms. The Morgan fingerprint density at radius 3 is 2.89 bits per heavy atom. The minimum Gasteiger partial charge on any atom is -0.493 e. The lowest BCUT2D eigenvalue weighted by Gasteiger charge is -2.10. The minimum atomic E-state index is -0.250. The van der Waals surface area contributed by atoms with Crippen LogP contribution in [0.15, 0.2) is 35.4 Å².